The number of benzene rings is 2. The number of ether oxygens (including phenoxy) is 1. The molecule has 0 spiro atoms. The number of piperidine rings is 1. The maximum absolute atomic E-state index is 15.2. The maximum atomic E-state index is 15.2. The Morgan fingerprint density at radius 2 is 1.87 bits per heavy atom. The predicted octanol–water partition coefficient (Wildman–Crippen LogP) is 3.53. The lowest BCUT2D eigenvalue weighted by atomic mass is 9.90. The number of esters is 1. The largest absolute Gasteiger partial charge is 0.502 e. The SMILES string of the molecule is COC(=O)C1CC[C@@H]2N(C1)C(=O)c1c(O)c(=O)ccn1N2[C@@H]1c2ccccc2SCc2c1ccc(F)c2F. The highest BCUT2D eigenvalue weighted by Gasteiger charge is 2.48. The van der Waals surface area contributed by atoms with Crippen LogP contribution in [0.15, 0.2) is 58.4 Å². The third-order valence-corrected chi connectivity index (χ3v) is 8.65. The van der Waals surface area contributed by atoms with E-state index in [2.05, 4.69) is 0 Å². The Labute approximate surface area is 220 Å². The smallest absolute Gasteiger partial charge is 0.310 e. The lowest BCUT2D eigenvalue weighted by Crippen LogP contribution is -2.65. The second-order valence-electron chi connectivity index (χ2n) is 9.50. The van der Waals surface area contributed by atoms with Crippen molar-refractivity contribution in [3.63, 3.8) is 0 Å². The zero-order valence-corrected chi connectivity index (χ0v) is 21.1. The first kappa shape index (κ1) is 24.5. The van der Waals surface area contributed by atoms with E-state index in [9.17, 15) is 23.9 Å². The molecule has 1 saturated heterocycles. The van der Waals surface area contributed by atoms with Crippen LogP contribution in [-0.4, -0.2) is 46.4 Å². The molecule has 196 valence electrons. The Kier molecular flexibility index (Phi) is 5.90. The van der Waals surface area contributed by atoms with Gasteiger partial charge in [0.2, 0.25) is 5.43 Å². The molecule has 3 aliphatic heterocycles. The van der Waals surface area contributed by atoms with Gasteiger partial charge in [0, 0.05) is 35.0 Å². The molecule has 38 heavy (non-hydrogen) atoms. The first-order valence-corrected chi connectivity index (χ1v) is 13.1. The third kappa shape index (κ3) is 3.59. The van der Waals surface area contributed by atoms with Gasteiger partial charge in [0.1, 0.15) is 6.17 Å². The number of pyridine rings is 1. The molecule has 0 saturated carbocycles. The summed E-state index contributed by atoms with van der Waals surface area (Å²) in [5.74, 6) is -4.05. The molecule has 4 heterocycles. The summed E-state index contributed by atoms with van der Waals surface area (Å²) in [4.78, 5) is 40.8. The first-order valence-electron chi connectivity index (χ1n) is 12.1. The fourth-order valence-corrected chi connectivity index (χ4v) is 6.86. The third-order valence-electron chi connectivity index (χ3n) is 7.53. The van der Waals surface area contributed by atoms with E-state index in [0.717, 1.165) is 16.5 Å². The van der Waals surface area contributed by atoms with Crippen LogP contribution in [0.25, 0.3) is 0 Å². The lowest BCUT2D eigenvalue weighted by molar-refractivity contribution is -0.147. The van der Waals surface area contributed by atoms with Crippen molar-refractivity contribution in [1.29, 1.82) is 0 Å². The van der Waals surface area contributed by atoms with E-state index >= 15 is 4.39 Å². The molecule has 8 nitrogen and oxygen atoms in total. The standard InChI is InChI=1S/C27H23F2N3O5S/c1-37-27(36)14-6-9-21-30(12-14)26(35)24-25(34)19(33)10-11-31(24)32(21)23-15-7-8-18(28)22(29)17(15)13-38-20-5-3-2-4-16(20)23/h2-5,7-8,10-11,14,21,23,34H,6,9,12-13H2,1H3/t14?,21-,23+/m1/s1. The highest BCUT2D eigenvalue weighted by atomic mass is 32.2. The zero-order valence-electron chi connectivity index (χ0n) is 20.3. The second kappa shape index (κ2) is 9.16. The molecule has 3 aromatic rings. The Hall–Kier alpha value is -3.86. The number of hydrogen-bond acceptors (Lipinski definition) is 7. The molecule has 1 unspecified atom stereocenters. The normalized spacial score (nSPS) is 22.1. The van der Waals surface area contributed by atoms with Crippen molar-refractivity contribution in [2.75, 3.05) is 18.7 Å². The van der Waals surface area contributed by atoms with Crippen LogP contribution >= 0.6 is 11.8 Å². The Bertz CT molecular complexity index is 1540. The summed E-state index contributed by atoms with van der Waals surface area (Å²) in [7, 11) is 1.28. The number of thioether (sulfide) groups is 1. The number of aromatic nitrogens is 1. The molecule has 6 rings (SSSR count). The van der Waals surface area contributed by atoms with Crippen LogP contribution in [0.2, 0.25) is 0 Å². The number of amides is 1. The van der Waals surface area contributed by atoms with E-state index < -0.39 is 52.8 Å². The minimum absolute atomic E-state index is 0.0168. The van der Waals surface area contributed by atoms with Gasteiger partial charge in [-0.3, -0.25) is 24.1 Å². The summed E-state index contributed by atoms with van der Waals surface area (Å²) in [6.07, 6.45) is 1.59. The minimum Gasteiger partial charge on any atom is -0.502 e. The quantitative estimate of drug-likeness (QED) is 0.498. The molecule has 2 aromatic carbocycles. The zero-order chi connectivity index (χ0) is 26.7. The van der Waals surface area contributed by atoms with E-state index in [1.165, 1.54) is 40.7 Å². The van der Waals surface area contributed by atoms with Gasteiger partial charge in [0.05, 0.1) is 19.1 Å². The van der Waals surface area contributed by atoms with Gasteiger partial charge >= 0.3 is 5.97 Å². The minimum atomic E-state index is -0.954. The number of aromatic hydroxyl groups is 1. The summed E-state index contributed by atoms with van der Waals surface area (Å²) in [5, 5.41) is 12.6. The summed E-state index contributed by atoms with van der Waals surface area (Å²) in [6, 6.07) is 10.6. The Morgan fingerprint density at radius 1 is 1.08 bits per heavy atom. The fraction of sp³-hybridized carbons (Fsp3) is 0.296. The van der Waals surface area contributed by atoms with Crippen LogP contribution in [0.1, 0.15) is 46.1 Å². The first-order chi connectivity index (χ1) is 18.3. The fourth-order valence-electron chi connectivity index (χ4n) is 5.74. The van der Waals surface area contributed by atoms with Crippen LogP contribution in [0.4, 0.5) is 8.78 Å². The molecule has 1 N–H and O–H groups in total. The summed E-state index contributed by atoms with van der Waals surface area (Å²) >= 11 is 1.38. The summed E-state index contributed by atoms with van der Waals surface area (Å²) < 4.78 is 35.9. The lowest BCUT2D eigenvalue weighted by Gasteiger charge is -2.52. The number of nitrogens with zero attached hydrogens (tertiary/aromatic N) is 3. The van der Waals surface area contributed by atoms with E-state index in [1.54, 1.807) is 6.07 Å². The van der Waals surface area contributed by atoms with Crippen molar-refractivity contribution in [2.45, 2.75) is 35.7 Å². The maximum Gasteiger partial charge on any atom is 0.310 e. The van der Waals surface area contributed by atoms with Crippen molar-refractivity contribution < 1.29 is 28.2 Å². The van der Waals surface area contributed by atoms with E-state index in [4.69, 9.17) is 4.74 Å². The number of carbonyl (C=O) groups excluding carboxylic acids is 2. The molecule has 3 atom stereocenters. The highest BCUT2D eigenvalue weighted by molar-refractivity contribution is 7.98. The van der Waals surface area contributed by atoms with Gasteiger partial charge in [-0.2, -0.15) is 0 Å². The van der Waals surface area contributed by atoms with Crippen molar-refractivity contribution in [2.24, 2.45) is 5.92 Å². The molecule has 11 heteroatoms. The van der Waals surface area contributed by atoms with Gasteiger partial charge in [0.25, 0.3) is 5.91 Å². The van der Waals surface area contributed by atoms with Crippen molar-refractivity contribution >= 4 is 23.6 Å². The van der Waals surface area contributed by atoms with Crippen LogP contribution in [-0.2, 0) is 15.3 Å². The summed E-state index contributed by atoms with van der Waals surface area (Å²) in [5.41, 5.74) is 0.535. The van der Waals surface area contributed by atoms with E-state index in [0.29, 0.717) is 18.4 Å². The number of rotatable bonds is 2. The Balaban J connectivity index is 1.62. The molecule has 0 radical (unpaired) electrons. The number of fused-ring (bicyclic) bond motifs is 4. The second-order valence-corrected chi connectivity index (χ2v) is 10.5. The van der Waals surface area contributed by atoms with E-state index in [-0.39, 0.29) is 23.6 Å². The predicted molar refractivity (Wildman–Crippen MR) is 134 cm³/mol. The van der Waals surface area contributed by atoms with Crippen LogP contribution in [0.3, 0.4) is 0 Å². The number of hydrogen-bond donors (Lipinski definition) is 1. The molecule has 1 fully saturated rings. The molecular weight excluding hydrogens is 516 g/mol. The number of carbonyl (C=O) groups is 2. The van der Waals surface area contributed by atoms with Gasteiger partial charge in [-0.1, -0.05) is 24.3 Å². The average molecular weight is 540 g/mol. The van der Waals surface area contributed by atoms with Crippen LogP contribution in [0, 0.1) is 17.6 Å². The molecular formula is C27H23F2N3O5S. The van der Waals surface area contributed by atoms with Crippen molar-refractivity contribution in [3.05, 3.63) is 92.9 Å². The van der Waals surface area contributed by atoms with Gasteiger partial charge in [-0.05, 0) is 36.1 Å². The molecule has 0 bridgehead atoms. The topological polar surface area (TPSA) is 92.1 Å². The van der Waals surface area contributed by atoms with Gasteiger partial charge in [-0.25, -0.2) is 8.78 Å². The number of methoxy groups -OCH3 is 1. The molecule has 1 aromatic heterocycles. The molecule has 0 aliphatic carbocycles. The van der Waals surface area contributed by atoms with Crippen LogP contribution in [0.5, 0.6) is 5.75 Å². The highest BCUT2D eigenvalue weighted by Crippen LogP contribution is 2.46. The average Bonchev–Trinajstić information content (AvgIpc) is 3.09. The van der Waals surface area contributed by atoms with Crippen LogP contribution < -0.4 is 10.4 Å². The van der Waals surface area contributed by atoms with Crippen molar-refractivity contribution in [1.82, 2.24) is 9.58 Å². The Morgan fingerprint density at radius 3 is 2.66 bits per heavy atom. The number of halogens is 2. The van der Waals surface area contributed by atoms with Gasteiger partial charge < -0.3 is 14.7 Å². The van der Waals surface area contributed by atoms with Gasteiger partial charge in [0.15, 0.2) is 23.1 Å². The molecule has 3 aliphatic rings. The van der Waals surface area contributed by atoms with Gasteiger partial charge in [-0.15, -0.1) is 11.8 Å². The molecule has 1 amide bonds. The van der Waals surface area contributed by atoms with Crippen molar-refractivity contribution in [3.8, 4) is 5.75 Å². The summed E-state index contributed by atoms with van der Waals surface area (Å²) in [6.45, 7) is 0.0168. The van der Waals surface area contributed by atoms with E-state index in [1.807, 2.05) is 29.3 Å². The monoisotopic (exact) mass is 539 g/mol.